The van der Waals surface area contributed by atoms with Gasteiger partial charge in [-0.1, -0.05) is 41.9 Å². The topological polar surface area (TPSA) is 35.2 Å². The molecule has 0 fully saturated rings. The molecule has 2 N–H and O–H groups in total. The molecule has 0 amide bonds. The zero-order valence-electron chi connectivity index (χ0n) is 10.3. The van der Waals surface area contributed by atoms with Crippen LogP contribution in [-0.2, 0) is 11.2 Å². The standard InChI is InChI=1S/C15H16ClNO/c1-18-10-9-12-3-2-4-14(15(12)17)11-5-7-13(16)8-6-11/h2-8H,9-10,17H2,1H3. The number of methoxy groups -OCH3 is 1. The maximum Gasteiger partial charge on any atom is 0.0503 e. The van der Waals surface area contributed by atoms with Crippen LogP contribution in [0.15, 0.2) is 42.5 Å². The molecule has 0 bridgehead atoms. The molecular weight excluding hydrogens is 246 g/mol. The summed E-state index contributed by atoms with van der Waals surface area (Å²) >= 11 is 5.89. The van der Waals surface area contributed by atoms with Gasteiger partial charge in [0.15, 0.2) is 0 Å². The number of benzene rings is 2. The Labute approximate surface area is 112 Å². The Hall–Kier alpha value is -1.51. The Bertz CT molecular complexity index is 523. The Balaban J connectivity index is 2.36. The highest BCUT2D eigenvalue weighted by Crippen LogP contribution is 2.29. The number of anilines is 1. The first-order valence-corrected chi connectivity index (χ1v) is 6.22. The number of para-hydroxylation sites is 1. The van der Waals surface area contributed by atoms with Crippen molar-refractivity contribution in [2.24, 2.45) is 0 Å². The van der Waals surface area contributed by atoms with Gasteiger partial charge in [-0.15, -0.1) is 0 Å². The van der Waals surface area contributed by atoms with Gasteiger partial charge in [0.2, 0.25) is 0 Å². The molecule has 0 radical (unpaired) electrons. The van der Waals surface area contributed by atoms with Gasteiger partial charge in [-0.2, -0.15) is 0 Å². The fourth-order valence-corrected chi connectivity index (χ4v) is 2.05. The second-order valence-electron chi connectivity index (χ2n) is 4.13. The summed E-state index contributed by atoms with van der Waals surface area (Å²) in [6, 6.07) is 13.8. The van der Waals surface area contributed by atoms with Crippen molar-refractivity contribution in [3.8, 4) is 11.1 Å². The highest BCUT2D eigenvalue weighted by Gasteiger charge is 2.06. The van der Waals surface area contributed by atoms with Crippen LogP contribution in [0.1, 0.15) is 5.56 Å². The lowest BCUT2D eigenvalue weighted by molar-refractivity contribution is 0.202. The predicted octanol–water partition coefficient (Wildman–Crippen LogP) is 3.78. The van der Waals surface area contributed by atoms with E-state index in [1.54, 1.807) is 7.11 Å². The van der Waals surface area contributed by atoms with E-state index in [0.717, 1.165) is 33.8 Å². The summed E-state index contributed by atoms with van der Waals surface area (Å²) in [5.74, 6) is 0. The van der Waals surface area contributed by atoms with Crippen molar-refractivity contribution in [1.29, 1.82) is 0 Å². The van der Waals surface area contributed by atoms with E-state index in [0.29, 0.717) is 6.61 Å². The summed E-state index contributed by atoms with van der Waals surface area (Å²) in [7, 11) is 1.69. The van der Waals surface area contributed by atoms with Gasteiger partial charge in [0.25, 0.3) is 0 Å². The van der Waals surface area contributed by atoms with E-state index in [4.69, 9.17) is 22.1 Å². The van der Waals surface area contributed by atoms with Crippen molar-refractivity contribution >= 4 is 17.3 Å². The number of hydrogen-bond acceptors (Lipinski definition) is 2. The van der Waals surface area contributed by atoms with Crippen molar-refractivity contribution in [1.82, 2.24) is 0 Å². The van der Waals surface area contributed by atoms with Gasteiger partial charge in [0.1, 0.15) is 0 Å². The molecule has 0 aliphatic carbocycles. The van der Waals surface area contributed by atoms with E-state index in [-0.39, 0.29) is 0 Å². The monoisotopic (exact) mass is 261 g/mol. The van der Waals surface area contributed by atoms with E-state index in [2.05, 4.69) is 0 Å². The maximum absolute atomic E-state index is 6.21. The molecule has 0 aliphatic heterocycles. The van der Waals surface area contributed by atoms with Crippen molar-refractivity contribution < 1.29 is 4.74 Å². The molecule has 0 atom stereocenters. The maximum atomic E-state index is 6.21. The molecule has 18 heavy (non-hydrogen) atoms. The average Bonchev–Trinajstić information content (AvgIpc) is 2.39. The second-order valence-corrected chi connectivity index (χ2v) is 4.56. The third kappa shape index (κ3) is 2.84. The van der Waals surface area contributed by atoms with Gasteiger partial charge < -0.3 is 10.5 Å². The smallest absolute Gasteiger partial charge is 0.0503 e. The SMILES string of the molecule is COCCc1cccc(-c2ccc(Cl)cc2)c1N. The quantitative estimate of drug-likeness (QED) is 0.850. The number of nitrogen functional groups attached to an aromatic ring is 1. The molecule has 0 saturated carbocycles. The van der Waals surface area contributed by atoms with E-state index in [1.165, 1.54) is 0 Å². The van der Waals surface area contributed by atoms with Crippen LogP contribution in [0.2, 0.25) is 5.02 Å². The van der Waals surface area contributed by atoms with Gasteiger partial charge in [-0.3, -0.25) is 0 Å². The van der Waals surface area contributed by atoms with Crippen molar-refractivity contribution in [3.63, 3.8) is 0 Å². The minimum absolute atomic E-state index is 0.675. The van der Waals surface area contributed by atoms with E-state index in [9.17, 15) is 0 Å². The highest BCUT2D eigenvalue weighted by molar-refractivity contribution is 6.30. The fourth-order valence-electron chi connectivity index (χ4n) is 1.92. The fraction of sp³-hybridized carbons (Fsp3) is 0.200. The molecule has 0 saturated heterocycles. The zero-order chi connectivity index (χ0) is 13.0. The third-order valence-corrected chi connectivity index (χ3v) is 3.18. The minimum Gasteiger partial charge on any atom is -0.398 e. The van der Waals surface area contributed by atoms with Crippen LogP contribution in [0.3, 0.4) is 0 Å². The van der Waals surface area contributed by atoms with Gasteiger partial charge in [-0.25, -0.2) is 0 Å². The van der Waals surface area contributed by atoms with Gasteiger partial charge >= 0.3 is 0 Å². The first-order valence-electron chi connectivity index (χ1n) is 5.84. The molecule has 2 aromatic carbocycles. The molecule has 0 heterocycles. The molecule has 0 spiro atoms. The summed E-state index contributed by atoms with van der Waals surface area (Å²) in [6.45, 7) is 0.675. The Morgan fingerprint density at radius 2 is 1.83 bits per heavy atom. The first kappa shape index (κ1) is 12.9. The highest BCUT2D eigenvalue weighted by atomic mass is 35.5. The summed E-state index contributed by atoms with van der Waals surface area (Å²) in [4.78, 5) is 0. The van der Waals surface area contributed by atoms with Crippen molar-refractivity contribution in [3.05, 3.63) is 53.1 Å². The van der Waals surface area contributed by atoms with Crippen molar-refractivity contribution in [2.45, 2.75) is 6.42 Å². The van der Waals surface area contributed by atoms with E-state index >= 15 is 0 Å². The lowest BCUT2D eigenvalue weighted by atomic mass is 9.99. The minimum atomic E-state index is 0.675. The predicted molar refractivity (Wildman–Crippen MR) is 76.9 cm³/mol. The average molecular weight is 262 g/mol. The molecule has 2 aromatic rings. The van der Waals surface area contributed by atoms with Crippen LogP contribution in [0.25, 0.3) is 11.1 Å². The number of nitrogens with two attached hydrogens (primary N) is 1. The number of halogens is 1. The number of hydrogen-bond donors (Lipinski definition) is 1. The van der Waals surface area contributed by atoms with Crippen LogP contribution in [-0.4, -0.2) is 13.7 Å². The molecular formula is C15H16ClNO. The number of ether oxygens (including phenoxy) is 1. The van der Waals surface area contributed by atoms with Crippen molar-refractivity contribution in [2.75, 3.05) is 19.5 Å². The molecule has 94 valence electrons. The summed E-state index contributed by atoms with van der Waals surface area (Å²) in [5.41, 5.74) is 10.3. The zero-order valence-corrected chi connectivity index (χ0v) is 11.1. The number of rotatable bonds is 4. The molecule has 0 unspecified atom stereocenters. The lowest BCUT2D eigenvalue weighted by Crippen LogP contribution is -2.01. The summed E-state index contributed by atoms with van der Waals surface area (Å²) in [5, 5.41) is 0.729. The third-order valence-electron chi connectivity index (χ3n) is 2.93. The Morgan fingerprint density at radius 1 is 1.11 bits per heavy atom. The molecule has 2 nitrogen and oxygen atoms in total. The van der Waals surface area contributed by atoms with Crippen LogP contribution in [0.5, 0.6) is 0 Å². The normalized spacial score (nSPS) is 10.6. The van der Waals surface area contributed by atoms with Crippen LogP contribution >= 0.6 is 11.6 Å². The first-order chi connectivity index (χ1) is 8.72. The molecule has 3 heteroatoms. The van der Waals surface area contributed by atoms with Crippen LogP contribution < -0.4 is 5.73 Å². The van der Waals surface area contributed by atoms with Gasteiger partial charge in [0.05, 0.1) is 6.61 Å². The largest absolute Gasteiger partial charge is 0.398 e. The van der Waals surface area contributed by atoms with Crippen LogP contribution in [0, 0.1) is 0 Å². The molecule has 2 rings (SSSR count). The molecule has 0 aliphatic rings. The molecule has 0 aromatic heterocycles. The lowest BCUT2D eigenvalue weighted by Gasteiger charge is -2.11. The Morgan fingerprint density at radius 3 is 2.50 bits per heavy atom. The summed E-state index contributed by atoms with van der Waals surface area (Å²) < 4.78 is 5.09. The van der Waals surface area contributed by atoms with E-state index < -0.39 is 0 Å². The van der Waals surface area contributed by atoms with E-state index in [1.807, 2.05) is 42.5 Å². The van der Waals surface area contributed by atoms with Gasteiger partial charge in [-0.05, 0) is 29.7 Å². The second kappa shape index (κ2) is 5.89. The summed E-state index contributed by atoms with van der Waals surface area (Å²) in [6.07, 6.45) is 0.823. The van der Waals surface area contributed by atoms with Crippen LogP contribution in [0.4, 0.5) is 5.69 Å². The Kier molecular flexibility index (Phi) is 4.24. The van der Waals surface area contributed by atoms with Gasteiger partial charge in [0, 0.05) is 23.4 Å².